The molecular formula is C64H125NO10. The Morgan fingerprint density at radius 2 is 0.773 bits per heavy atom. The molecule has 9 unspecified atom stereocenters. The highest BCUT2D eigenvalue weighted by atomic mass is 16.7. The molecule has 1 heterocycles. The molecule has 0 saturated carbocycles. The number of rotatable bonds is 57. The number of hydrogen-bond donors (Lipinski definition) is 8. The maximum Gasteiger partial charge on any atom is 0.249 e. The van der Waals surface area contributed by atoms with Gasteiger partial charge >= 0.3 is 0 Å². The molecule has 0 bridgehead atoms. The van der Waals surface area contributed by atoms with Crippen LogP contribution < -0.4 is 5.32 Å². The van der Waals surface area contributed by atoms with Crippen molar-refractivity contribution in [2.24, 2.45) is 0 Å². The van der Waals surface area contributed by atoms with E-state index in [2.05, 4.69) is 31.3 Å². The first-order chi connectivity index (χ1) is 36.7. The molecule has 8 N–H and O–H groups in total. The molecule has 446 valence electrons. The SMILES string of the molecule is CCCCCCCCCCCCCC/C=C\CCCCCCCCCCCCCCCC(O)C(=O)NC(COC1OC(CO)C(O)C(O)C1O)C(O)C(O)CCCCCCCCCCCCCCCCCCCCC. The summed E-state index contributed by atoms with van der Waals surface area (Å²) >= 11 is 0. The van der Waals surface area contributed by atoms with E-state index in [-0.39, 0.29) is 6.42 Å². The quantitative estimate of drug-likeness (QED) is 0.0215. The summed E-state index contributed by atoms with van der Waals surface area (Å²) in [6, 6.07) is -1.17. The smallest absolute Gasteiger partial charge is 0.249 e. The summed E-state index contributed by atoms with van der Waals surface area (Å²) in [6.07, 6.45) is 52.8. The second-order valence-corrected chi connectivity index (χ2v) is 23.2. The molecule has 0 aromatic heterocycles. The summed E-state index contributed by atoms with van der Waals surface area (Å²) < 4.78 is 11.2. The van der Waals surface area contributed by atoms with Crippen LogP contribution >= 0.6 is 0 Å². The van der Waals surface area contributed by atoms with Crippen LogP contribution in [-0.4, -0.2) is 110 Å². The largest absolute Gasteiger partial charge is 0.394 e. The molecule has 1 aliphatic rings. The van der Waals surface area contributed by atoms with Crippen LogP contribution in [0.4, 0.5) is 0 Å². The lowest BCUT2D eigenvalue weighted by Gasteiger charge is -2.40. The Hall–Kier alpha value is -1.15. The first-order valence-electron chi connectivity index (χ1n) is 32.6. The lowest BCUT2D eigenvalue weighted by Crippen LogP contribution is -2.60. The number of ether oxygens (including phenoxy) is 2. The fraction of sp³-hybridized carbons (Fsp3) is 0.953. The van der Waals surface area contributed by atoms with Crippen molar-refractivity contribution in [1.29, 1.82) is 0 Å². The molecule has 0 aromatic rings. The van der Waals surface area contributed by atoms with Gasteiger partial charge in [-0.15, -0.1) is 0 Å². The molecule has 1 fully saturated rings. The van der Waals surface area contributed by atoms with E-state index in [9.17, 15) is 40.5 Å². The average Bonchev–Trinajstić information content (AvgIpc) is 3.41. The third kappa shape index (κ3) is 41.5. The topological polar surface area (TPSA) is 189 Å². The standard InChI is InChI=1S/C64H125NO10/c1-3-5-7-9-11-13-15-17-19-21-23-24-25-26-27-28-29-30-31-32-34-36-38-40-42-44-46-48-50-52-57(68)63(73)65-55(54-74-64-62(72)61(71)60(70)58(53-66)75-64)59(69)56(67)51-49-47-45-43-41-39-37-35-33-22-20-18-16-14-12-10-8-6-4-2/h26-27,55-62,64,66-72H,3-25,28-54H2,1-2H3,(H,65,73)/b27-26-. The molecule has 75 heavy (non-hydrogen) atoms. The number of carbonyl (C=O) groups is 1. The van der Waals surface area contributed by atoms with Crippen LogP contribution in [0.2, 0.25) is 0 Å². The fourth-order valence-electron chi connectivity index (χ4n) is 10.8. The Labute approximate surface area is 462 Å². The summed E-state index contributed by atoms with van der Waals surface area (Å²) in [5.41, 5.74) is 0. The number of amides is 1. The molecule has 1 aliphatic heterocycles. The number of carbonyl (C=O) groups excluding carboxylic acids is 1. The molecule has 1 rings (SSSR count). The van der Waals surface area contributed by atoms with Gasteiger partial charge < -0.3 is 50.5 Å². The predicted octanol–water partition coefficient (Wildman–Crippen LogP) is 14.7. The third-order valence-corrected chi connectivity index (χ3v) is 16.1. The monoisotopic (exact) mass is 1070 g/mol. The minimum Gasteiger partial charge on any atom is -0.394 e. The molecule has 0 aliphatic carbocycles. The van der Waals surface area contributed by atoms with Crippen LogP contribution in [0.5, 0.6) is 0 Å². The molecule has 11 nitrogen and oxygen atoms in total. The van der Waals surface area contributed by atoms with Gasteiger partial charge in [-0.05, 0) is 38.5 Å². The van der Waals surface area contributed by atoms with Crippen molar-refractivity contribution in [2.75, 3.05) is 13.2 Å². The summed E-state index contributed by atoms with van der Waals surface area (Å²) in [4.78, 5) is 13.2. The van der Waals surface area contributed by atoms with Crippen molar-refractivity contribution in [3.63, 3.8) is 0 Å². The van der Waals surface area contributed by atoms with Crippen LogP contribution in [-0.2, 0) is 14.3 Å². The van der Waals surface area contributed by atoms with E-state index in [4.69, 9.17) is 9.47 Å². The van der Waals surface area contributed by atoms with Crippen LogP contribution in [0, 0.1) is 0 Å². The zero-order valence-corrected chi connectivity index (χ0v) is 49.1. The highest BCUT2D eigenvalue weighted by Gasteiger charge is 2.44. The maximum absolute atomic E-state index is 13.2. The van der Waals surface area contributed by atoms with Gasteiger partial charge in [-0.3, -0.25) is 4.79 Å². The van der Waals surface area contributed by atoms with Gasteiger partial charge in [0.2, 0.25) is 5.91 Å². The number of unbranched alkanes of at least 4 members (excludes halogenated alkanes) is 43. The fourth-order valence-corrected chi connectivity index (χ4v) is 10.8. The van der Waals surface area contributed by atoms with E-state index >= 15 is 0 Å². The first-order valence-corrected chi connectivity index (χ1v) is 32.6. The summed E-state index contributed by atoms with van der Waals surface area (Å²) in [7, 11) is 0. The van der Waals surface area contributed by atoms with Crippen LogP contribution in [0.15, 0.2) is 12.2 Å². The normalized spacial score (nSPS) is 19.7. The Morgan fingerprint density at radius 1 is 0.453 bits per heavy atom. The van der Waals surface area contributed by atoms with Gasteiger partial charge in [-0.25, -0.2) is 0 Å². The molecule has 0 aromatic carbocycles. The van der Waals surface area contributed by atoms with E-state index in [1.54, 1.807) is 0 Å². The van der Waals surface area contributed by atoms with Gasteiger partial charge in [0.05, 0.1) is 25.4 Å². The van der Waals surface area contributed by atoms with Gasteiger partial charge in [0.1, 0.15) is 36.6 Å². The number of hydrogen-bond acceptors (Lipinski definition) is 10. The lowest BCUT2D eigenvalue weighted by molar-refractivity contribution is -0.303. The van der Waals surface area contributed by atoms with Crippen molar-refractivity contribution in [3.8, 4) is 0 Å². The Morgan fingerprint density at radius 3 is 1.12 bits per heavy atom. The van der Waals surface area contributed by atoms with E-state index < -0.39 is 74.2 Å². The average molecular weight is 1070 g/mol. The highest BCUT2D eigenvalue weighted by molar-refractivity contribution is 5.80. The Bertz CT molecular complexity index is 1220. The van der Waals surface area contributed by atoms with Crippen LogP contribution in [0.25, 0.3) is 0 Å². The predicted molar refractivity (Wildman–Crippen MR) is 312 cm³/mol. The van der Waals surface area contributed by atoms with Crippen LogP contribution in [0.1, 0.15) is 322 Å². The first kappa shape index (κ1) is 71.9. The van der Waals surface area contributed by atoms with Crippen molar-refractivity contribution < 1.29 is 50.0 Å². The maximum atomic E-state index is 13.2. The molecule has 11 heteroatoms. The number of aliphatic hydroxyl groups excluding tert-OH is 7. The van der Waals surface area contributed by atoms with Gasteiger partial charge in [0.15, 0.2) is 6.29 Å². The molecule has 9 atom stereocenters. The molecule has 1 saturated heterocycles. The van der Waals surface area contributed by atoms with Gasteiger partial charge in [0.25, 0.3) is 0 Å². The lowest BCUT2D eigenvalue weighted by atomic mass is 9.98. The molecule has 0 radical (unpaired) electrons. The van der Waals surface area contributed by atoms with Crippen molar-refractivity contribution in [3.05, 3.63) is 12.2 Å². The van der Waals surface area contributed by atoms with Gasteiger partial charge in [0, 0.05) is 0 Å². The van der Waals surface area contributed by atoms with Crippen molar-refractivity contribution in [2.45, 2.75) is 377 Å². The van der Waals surface area contributed by atoms with Crippen LogP contribution in [0.3, 0.4) is 0 Å². The number of nitrogens with one attached hydrogen (secondary N) is 1. The zero-order valence-electron chi connectivity index (χ0n) is 49.1. The van der Waals surface area contributed by atoms with E-state index in [1.165, 1.54) is 244 Å². The number of allylic oxidation sites excluding steroid dienone is 2. The number of aliphatic hydroxyl groups is 7. The van der Waals surface area contributed by atoms with Gasteiger partial charge in [-0.1, -0.05) is 296 Å². The zero-order chi connectivity index (χ0) is 54.7. The molecular weight excluding hydrogens is 943 g/mol. The minimum atomic E-state index is -1.66. The summed E-state index contributed by atoms with van der Waals surface area (Å²) in [5, 5.41) is 76.4. The Kier molecular flexibility index (Phi) is 51.3. The van der Waals surface area contributed by atoms with E-state index in [1.807, 2.05) is 0 Å². The second kappa shape index (κ2) is 53.5. The van der Waals surface area contributed by atoms with Crippen molar-refractivity contribution in [1.82, 2.24) is 5.32 Å². The molecule has 0 spiro atoms. The summed E-state index contributed by atoms with van der Waals surface area (Å²) in [6.45, 7) is 3.51. The Balaban J connectivity index is 2.22. The third-order valence-electron chi connectivity index (χ3n) is 16.1. The van der Waals surface area contributed by atoms with E-state index in [0.717, 1.165) is 38.5 Å². The minimum absolute atomic E-state index is 0.264. The van der Waals surface area contributed by atoms with Gasteiger partial charge in [-0.2, -0.15) is 0 Å². The van der Waals surface area contributed by atoms with E-state index in [0.29, 0.717) is 19.3 Å². The summed E-state index contributed by atoms with van der Waals surface area (Å²) in [5.74, 6) is -0.691. The second-order valence-electron chi connectivity index (χ2n) is 23.2. The molecule has 1 amide bonds. The highest BCUT2D eigenvalue weighted by Crippen LogP contribution is 2.24. The van der Waals surface area contributed by atoms with Crippen molar-refractivity contribution >= 4 is 5.91 Å².